The Labute approximate surface area is 96.0 Å². The molecule has 1 aromatic rings. The minimum atomic E-state index is -1.04. The molecular formula is C12H20NO3+. The van der Waals surface area contributed by atoms with Crippen LogP contribution in [0.2, 0.25) is 0 Å². The van der Waals surface area contributed by atoms with E-state index in [9.17, 15) is 15.3 Å². The van der Waals surface area contributed by atoms with Crippen LogP contribution in [0, 0.1) is 0 Å². The average molecular weight is 226 g/mol. The first-order valence-corrected chi connectivity index (χ1v) is 5.17. The van der Waals surface area contributed by atoms with Gasteiger partial charge in [-0.25, -0.2) is 0 Å². The van der Waals surface area contributed by atoms with Crippen molar-refractivity contribution in [2.45, 2.75) is 12.5 Å². The first-order chi connectivity index (χ1) is 7.12. The highest BCUT2D eigenvalue weighted by molar-refractivity contribution is 5.42. The standard InChI is InChI=1S/C12H19NO3/c1-12(16,8-13(2,3)4)9-5-6-10(14)11(15)7-9/h5-7,16H,8H2,1-4H3,(H-,14,15)/p+1. The highest BCUT2D eigenvalue weighted by Gasteiger charge is 2.30. The van der Waals surface area contributed by atoms with Gasteiger partial charge in [0.15, 0.2) is 11.5 Å². The molecule has 0 bridgehead atoms. The lowest BCUT2D eigenvalue weighted by Crippen LogP contribution is -2.46. The zero-order valence-corrected chi connectivity index (χ0v) is 10.2. The Bertz CT molecular complexity index is 380. The molecule has 3 N–H and O–H groups in total. The van der Waals surface area contributed by atoms with Crippen LogP contribution in [0.25, 0.3) is 0 Å². The molecular weight excluding hydrogens is 206 g/mol. The van der Waals surface area contributed by atoms with Crippen LogP contribution in [-0.2, 0) is 5.60 Å². The molecule has 0 fully saturated rings. The molecule has 1 atom stereocenters. The van der Waals surface area contributed by atoms with Crippen molar-refractivity contribution >= 4 is 0 Å². The SMILES string of the molecule is CC(O)(C[N+](C)(C)C)c1ccc(O)c(O)c1. The molecule has 1 unspecified atom stereocenters. The summed E-state index contributed by atoms with van der Waals surface area (Å²) in [5.41, 5.74) is -0.445. The number of benzene rings is 1. The number of likely N-dealkylation sites (N-methyl/N-ethyl adjacent to an activating group) is 1. The summed E-state index contributed by atoms with van der Waals surface area (Å²) in [6, 6.07) is 4.39. The maximum absolute atomic E-state index is 10.3. The van der Waals surface area contributed by atoms with E-state index in [1.165, 1.54) is 12.1 Å². The predicted molar refractivity (Wildman–Crippen MR) is 62.2 cm³/mol. The summed E-state index contributed by atoms with van der Waals surface area (Å²) in [5, 5.41) is 28.9. The Morgan fingerprint density at radius 3 is 2.12 bits per heavy atom. The Morgan fingerprint density at radius 1 is 1.12 bits per heavy atom. The van der Waals surface area contributed by atoms with Crippen LogP contribution in [0.1, 0.15) is 12.5 Å². The van der Waals surface area contributed by atoms with Gasteiger partial charge in [0, 0.05) is 0 Å². The van der Waals surface area contributed by atoms with Gasteiger partial charge in [0.25, 0.3) is 0 Å². The van der Waals surface area contributed by atoms with E-state index in [2.05, 4.69) is 0 Å². The Morgan fingerprint density at radius 2 is 1.69 bits per heavy atom. The van der Waals surface area contributed by atoms with E-state index >= 15 is 0 Å². The van der Waals surface area contributed by atoms with E-state index in [-0.39, 0.29) is 11.5 Å². The number of hydrogen-bond acceptors (Lipinski definition) is 3. The van der Waals surface area contributed by atoms with Crippen molar-refractivity contribution in [3.05, 3.63) is 23.8 Å². The van der Waals surface area contributed by atoms with Crippen molar-refractivity contribution in [2.24, 2.45) is 0 Å². The Kier molecular flexibility index (Phi) is 3.17. The van der Waals surface area contributed by atoms with Gasteiger partial charge in [0.2, 0.25) is 0 Å². The molecule has 0 aliphatic rings. The molecule has 1 aromatic carbocycles. The minimum absolute atomic E-state index is 0.176. The van der Waals surface area contributed by atoms with Gasteiger partial charge in [-0.3, -0.25) is 0 Å². The van der Waals surface area contributed by atoms with Gasteiger partial charge in [-0.2, -0.15) is 0 Å². The second-order valence-corrected chi connectivity index (χ2v) is 5.43. The third-order valence-corrected chi connectivity index (χ3v) is 2.38. The summed E-state index contributed by atoms with van der Waals surface area (Å²) in [5.74, 6) is -0.385. The molecule has 0 heterocycles. The van der Waals surface area contributed by atoms with Gasteiger partial charge >= 0.3 is 0 Å². The topological polar surface area (TPSA) is 60.7 Å². The van der Waals surface area contributed by atoms with E-state index in [4.69, 9.17) is 0 Å². The van der Waals surface area contributed by atoms with Crippen LogP contribution in [0.3, 0.4) is 0 Å². The summed E-state index contributed by atoms with van der Waals surface area (Å²) >= 11 is 0. The fourth-order valence-electron chi connectivity index (χ4n) is 1.87. The first-order valence-electron chi connectivity index (χ1n) is 5.17. The first kappa shape index (κ1) is 12.8. The lowest BCUT2D eigenvalue weighted by atomic mass is 9.94. The molecule has 4 heteroatoms. The lowest BCUT2D eigenvalue weighted by Gasteiger charge is -2.33. The summed E-state index contributed by atoms with van der Waals surface area (Å²) in [7, 11) is 5.94. The number of phenols is 2. The third kappa shape index (κ3) is 3.12. The van der Waals surface area contributed by atoms with E-state index in [0.717, 1.165) is 0 Å². The van der Waals surface area contributed by atoms with Gasteiger partial charge in [0.05, 0.1) is 21.1 Å². The molecule has 0 saturated heterocycles. The van der Waals surface area contributed by atoms with Crippen LogP contribution in [-0.4, -0.2) is 47.5 Å². The van der Waals surface area contributed by atoms with Gasteiger partial charge in [0.1, 0.15) is 12.1 Å². The summed E-state index contributed by atoms with van der Waals surface area (Å²) in [6.07, 6.45) is 0. The van der Waals surface area contributed by atoms with E-state index in [1.54, 1.807) is 13.0 Å². The number of quaternary nitrogens is 1. The van der Waals surface area contributed by atoms with Gasteiger partial charge < -0.3 is 19.8 Å². The van der Waals surface area contributed by atoms with Gasteiger partial charge in [-0.05, 0) is 24.6 Å². The molecule has 0 radical (unpaired) electrons. The van der Waals surface area contributed by atoms with Gasteiger partial charge in [-0.1, -0.05) is 6.07 Å². The number of phenolic OH excluding ortho intramolecular Hbond substituents is 2. The minimum Gasteiger partial charge on any atom is -0.504 e. The van der Waals surface area contributed by atoms with Crippen molar-refractivity contribution in [3.8, 4) is 11.5 Å². The van der Waals surface area contributed by atoms with Crippen molar-refractivity contribution < 1.29 is 19.8 Å². The van der Waals surface area contributed by atoms with Crippen molar-refractivity contribution in [1.29, 1.82) is 0 Å². The van der Waals surface area contributed by atoms with Gasteiger partial charge in [-0.15, -0.1) is 0 Å². The highest BCUT2D eigenvalue weighted by atomic mass is 16.3. The molecule has 0 spiro atoms. The fraction of sp³-hybridized carbons (Fsp3) is 0.500. The molecule has 1 rings (SSSR count). The Balaban J connectivity index is 3.02. The summed E-state index contributed by atoms with van der Waals surface area (Å²) in [4.78, 5) is 0. The maximum atomic E-state index is 10.3. The predicted octanol–water partition coefficient (Wildman–Crippen LogP) is 1.01. The summed E-state index contributed by atoms with van der Waals surface area (Å²) < 4.78 is 0.606. The molecule has 0 aliphatic carbocycles. The van der Waals surface area contributed by atoms with E-state index in [0.29, 0.717) is 16.6 Å². The van der Waals surface area contributed by atoms with Crippen molar-refractivity contribution in [2.75, 3.05) is 27.7 Å². The molecule has 90 valence electrons. The molecule has 0 amide bonds. The van der Waals surface area contributed by atoms with E-state index in [1.807, 2.05) is 21.1 Å². The Hall–Kier alpha value is -1.26. The van der Waals surface area contributed by atoms with Crippen LogP contribution >= 0.6 is 0 Å². The van der Waals surface area contributed by atoms with Crippen molar-refractivity contribution in [1.82, 2.24) is 0 Å². The zero-order chi connectivity index (χ0) is 12.6. The number of nitrogens with zero attached hydrogens (tertiary/aromatic N) is 1. The number of hydrogen-bond donors (Lipinski definition) is 3. The normalized spacial score (nSPS) is 15.8. The number of aromatic hydroxyl groups is 2. The smallest absolute Gasteiger partial charge is 0.157 e. The largest absolute Gasteiger partial charge is 0.504 e. The van der Waals surface area contributed by atoms with Crippen LogP contribution in [0.15, 0.2) is 18.2 Å². The quantitative estimate of drug-likeness (QED) is 0.532. The molecule has 0 aromatic heterocycles. The van der Waals surface area contributed by atoms with Crippen molar-refractivity contribution in [3.63, 3.8) is 0 Å². The zero-order valence-electron chi connectivity index (χ0n) is 10.2. The molecule has 0 aliphatic heterocycles. The van der Waals surface area contributed by atoms with Crippen LogP contribution < -0.4 is 0 Å². The molecule has 0 saturated carbocycles. The second-order valence-electron chi connectivity index (χ2n) is 5.43. The third-order valence-electron chi connectivity index (χ3n) is 2.38. The van der Waals surface area contributed by atoms with Crippen LogP contribution in [0.5, 0.6) is 11.5 Å². The second kappa shape index (κ2) is 3.96. The number of rotatable bonds is 3. The summed E-state index contributed by atoms with van der Waals surface area (Å²) in [6.45, 7) is 2.21. The number of aliphatic hydroxyl groups is 1. The fourth-order valence-corrected chi connectivity index (χ4v) is 1.87. The monoisotopic (exact) mass is 226 g/mol. The van der Waals surface area contributed by atoms with E-state index < -0.39 is 5.60 Å². The average Bonchev–Trinajstić information content (AvgIpc) is 2.05. The highest BCUT2D eigenvalue weighted by Crippen LogP contribution is 2.31. The maximum Gasteiger partial charge on any atom is 0.157 e. The van der Waals surface area contributed by atoms with Crippen LogP contribution in [0.4, 0.5) is 0 Å². The lowest BCUT2D eigenvalue weighted by molar-refractivity contribution is -0.877. The molecule has 4 nitrogen and oxygen atoms in total. The molecule has 16 heavy (non-hydrogen) atoms.